The average molecular weight is 409 g/mol. The summed E-state index contributed by atoms with van der Waals surface area (Å²) in [7, 11) is 0. The number of hydrogen-bond acceptors (Lipinski definition) is 5. The van der Waals surface area contributed by atoms with Gasteiger partial charge in [-0.05, 0) is 12.1 Å². The summed E-state index contributed by atoms with van der Waals surface area (Å²) in [6, 6.07) is 8.81. The van der Waals surface area contributed by atoms with Crippen LogP contribution in [-0.4, -0.2) is 17.6 Å². The molecule has 1 aromatic carbocycles. The predicted molar refractivity (Wildman–Crippen MR) is 101 cm³/mol. The van der Waals surface area contributed by atoms with Gasteiger partial charge < -0.3 is 10.6 Å². The van der Waals surface area contributed by atoms with Crippen molar-refractivity contribution in [1.82, 2.24) is 5.32 Å². The summed E-state index contributed by atoms with van der Waals surface area (Å²) >= 11 is 13.0. The Morgan fingerprint density at radius 1 is 1.35 bits per heavy atom. The molecule has 0 aromatic heterocycles. The summed E-state index contributed by atoms with van der Waals surface area (Å²) in [5.41, 5.74) is -0.387. The molecule has 2 amide bonds. The summed E-state index contributed by atoms with van der Waals surface area (Å²) in [6.45, 7) is 3.31. The third kappa shape index (κ3) is 3.96. The van der Waals surface area contributed by atoms with Crippen LogP contribution in [0.15, 0.2) is 28.8 Å². The van der Waals surface area contributed by atoms with Crippen LogP contribution in [0.2, 0.25) is 10.0 Å². The van der Waals surface area contributed by atoms with Crippen molar-refractivity contribution in [3.8, 4) is 12.1 Å². The van der Waals surface area contributed by atoms with Crippen molar-refractivity contribution in [2.75, 3.05) is 11.1 Å². The number of rotatable bonds is 4. The lowest BCUT2D eigenvalue weighted by molar-refractivity contribution is -0.125. The highest BCUT2D eigenvalue weighted by Gasteiger charge is 2.44. The number of anilines is 1. The molecule has 0 fully saturated rings. The monoisotopic (exact) mass is 408 g/mol. The topological polar surface area (TPSA) is 106 Å². The van der Waals surface area contributed by atoms with E-state index < -0.39 is 23.1 Å². The van der Waals surface area contributed by atoms with Gasteiger partial charge >= 0.3 is 0 Å². The van der Waals surface area contributed by atoms with Crippen LogP contribution < -0.4 is 10.6 Å². The van der Waals surface area contributed by atoms with Gasteiger partial charge in [-0.1, -0.05) is 54.9 Å². The van der Waals surface area contributed by atoms with Gasteiger partial charge in [0.05, 0.1) is 44.2 Å². The first-order valence-electron chi connectivity index (χ1n) is 7.44. The second-order valence-corrected chi connectivity index (χ2v) is 7.82. The van der Waals surface area contributed by atoms with Gasteiger partial charge in [0.2, 0.25) is 11.8 Å². The molecule has 2 N–H and O–H groups in total. The maximum absolute atomic E-state index is 12.2. The first kappa shape index (κ1) is 20.1. The van der Waals surface area contributed by atoms with Crippen LogP contribution in [0.1, 0.15) is 13.8 Å². The number of hydrogen-bond donors (Lipinski definition) is 2. The van der Waals surface area contributed by atoms with Crippen LogP contribution in [0.5, 0.6) is 0 Å². The molecule has 6 nitrogen and oxygen atoms in total. The van der Waals surface area contributed by atoms with E-state index in [1.165, 1.54) is 0 Å². The van der Waals surface area contributed by atoms with E-state index in [0.717, 1.165) is 11.8 Å². The summed E-state index contributed by atoms with van der Waals surface area (Å²) in [5.74, 6) is -1.94. The van der Waals surface area contributed by atoms with E-state index in [-0.39, 0.29) is 16.4 Å². The van der Waals surface area contributed by atoms with Crippen molar-refractivity contribution in [2.24, 2.45) is 11.3 Å². The number of para-hydroxylation sites is 1. The Balaban J connectivity index is 2.16. The van der Waals surface area contributed by atoms with E-state index in [1.54, 1.807) is 32.0 Å². The lowest BCUT2D eigenvalue weighted by atomic mass is 9.72. The van der Waals surface area contributed by atoms with Gasteiger partial charge in [-0.2, -0.15) is 10.5 Å². The first-order chi connectivity index (χ1) is 12.2. The van der Waals surface area contributed by atoms with Crippen LogP contribution in [-0.2, 0) is 9.59 Å². The zero-order valence-electron chi connectivity index (χ0n) is 13.9. The van der Waals surface area contributed by atoms with Gasteiger partial charge in [-0.15, -0.1) is 0 Å². The zero-order chi connectivity index (χ0) is 19.5. The van der Waals surface area contributed by atoms with E-state index >= 15 is 0 Å². The Morgan fingerprint density at radius 2 is 1.96 bits per heavy atom. The van der Waals surface area contributed by atoms with E-state index in [9.17, 15) is 20.1 Å². The maximum atomic E-state index is 12.2. The van der Waals surface area contributed by atoms with Crippen molar-refractivity contribution in [3.05, 3.63) is 38.8 Å². The zero-order valence-corrected chi connectivity index (χ0v) is 16.2. The minimum atomic E-state index is -0.975. The van der Waals surface area contributed by atoms with Crippen LogP contribution in [0.25, 0.3) is 0 Å². The van der Waals surface area contributed by atoms with Crippen LogP contribution in [0.4, 0.5) is 5.69 Å². The van der Waals surface area contributed by atoms with Crippen LogP contribution >= 0.6 is 35.0 Å². The molecule has 0 bridgehead atoms. The fourth-order valence-corrected chi connectivity index (χ4v) is 3.93. The molecule has 0 saturated heterocycles. The molecule has 0 saturated carbocycles. The van der Waals surface area contributed by atoms with Gasteiger partial charge in [-0.3, -0.25) is 9.59 Å². The summed E-state index contributed by atoms with van der Waals surface area (Å²) in [5, 5.41) is 24.7. The molecule has 0 spiro atoms. The smallest absolute Gasteiger partial charge is 0.243 e. The average Bonchev–Trinajstić information content (AvgIpc) is 2.56. The molecule has 2 rings (SSSR count). The highest BCUT2D eigenvalue weighted by molar-refractivity contribution is 8.03. The molecular weight excluding hydrogens is 395 g/mol. The van der Waals surface area contributed by atoms with Crippen molar-refractivity contribution >= 4 is 52.5 Å². The van der Waals surface area contributed by atoms with Crippen molar-refractivity contribution in [3.63, 3.8) is 0 Å². The summed E-state index contributed by atoms with van der Waals surface area (Å²) in [6.07, 6.45) is 0. The van der Waals surface area contributed by atoms with Gasteiger partial charge in [0, 0.05) is 5.41 Å². The Kier molecular flexibility index (Phi) is 6.20. The van der Waals surface area contributed by atoms with Crippen LogP contribution in [0, 0.1) is 34.0 Å². The number of amides is 2. The van der Waals surface area contributed by atoms with E-state index in [2.05, 4.69) is 10.6 Å². The lowest BCUT2D eigenvalue weighted by Gasteiger charge is -2.34. The van der Waals surface area contributed by atoms with Gasteiger partial charge in [0.1, 0.15) is 5.92 Å². The fraction of sp³-hybridized carbons (Fsp3) is 0.294. The number of carbonyl (C=O) groups excluding carboxylic acids is 2. The summed E-state index contributed by atoms with van der Waals surface area (Å²) in [4.78, 5) is 24.3. The molecule has 0 unspecified atom stereocenters. The number of carbonyl (C=O) groups is 2. The van der Waals surface area contributed by atoms with Gasteiger partial charge in [-0.25, -0.2) is 0 Å². The largest absolute Gasteiger partial charge is 0.323 e. The molecule has 9 heteroatoms. The predicted octanol–water partition coefficient (Wildman–Crippen LogP) is 3.70. The molecule has 1 heterocycles. The van der Waals surface area contributed by atoms with Crippen molar-refractivity contribution < 1.29 is 9.59 Å². The standard InChI is InChI=1S/C17H14Cl2N4O2S/c1-17(2)9(6-20)15(25)23-16(10(17)7-21)26-8-13(24)22-14-11(18)4-3-5-12(14)19/h3-5,9H,8H2,1-2H3,(H,22,24)(H,23,25)/t9-/m0/s1. The molecule has 134 valence electrons. The van der Waals surface area contributed by atoms with Crippen LogP contribution in [0.3, 0.4) is 0 Å². The number of halogens is 2. The fourth-order valence-electron chi connectivity index (χ4n) is 2.46. The molecule has 1 aromatic rings. The first-order valence-corrected chi connectivity index (χ1v) is 9.18. The molecule has 1 aliphatic heterocycles. The number of nitriles is 2. The van der Waals surface area contributed by atoms with E-state index in [1.807, 2.05) is 12.1 Å². The Morgan fingerprint density at radius 3 is 2.50 bits per heavy atom. The number of nitrogens with one attached hydrogen (secondary N) is 2. The molecule has 0 radical (unpaired) electrons. The number of thioether (sulfide) groups is 1. The normalized spacial score (nSPS) is 18.5. The number of allylic oxidation sites excluding steroid dienone is 1. The molecule has 1 aliphatic rings. The molecule has 1 atom stereocenters. The van der Waals surface area contributed by atoms with Crippen molar-refractivity contribution in [2.45, 2.75) is 13.8 Å². The molecule has 0 aliphatic carbocycles. The maximum Gasteiger partial charge on any atom is 0.243 e. The third-order valence-corrected chi connectivity index (χ3v) is 5.54. The van der Waals surface area contributed by atoms with Gasteiger partial charge in [0.25, 0.3) is 0 Å². The third-order valence-electron chi connectivity index (χ3n) is 3.91. The molecular formula is C17H14Cl2N4O2S. The van der Waals surface area contributed by atoms with E-state index in [0.29, 0.717) is 15.7 Å². The lowest BCUT2D eigenvalue weighted by Crippen LogP contribution is -2.44. The second kappa shape index (κ2) is 8.01. The quantitative estimate of drug-likeness (QED) is 0.789. The number of benzene rings is 1. The Bertz CT molecular complexity index is 863. The minimum absolute atomic E-state index is 0.0738. The Hall–Kier alpha value is -2.19. The highest BCUT2D eigenvalue weighted by atomic mass is 35.5. The number of nitrogens with zero attached hydrogens (tertiary/aromatic N) is 2. The summed E-state index contributed by atoms with van der Waals surface area (Å²) < 4.78 is 0. The highest BCUT2D eigenvalue weighted by Crippen LogP contribution is 2.41. The Labute approximate surface area is 165 Å². The SMILES string of the molecule is CC1(C)C(C#N)=C(SCC(=O)Nc2c(Cl)cccc2Cl)NC(=O)[C@@H]1C#N. The molecule has 26 heavy (non-hydrogen) atoms. The second-order valence-electron chi connectivity index (χ2n) is 6.02. The van der Waals surface area contributed by atoms with Gasteiger partial charge in [0.15, 0.2) is 0 Å². The van der Waals surface area contributed by atoms with Crippen molar-refractivity contribution in [1.29, 1.82) is 10.5 Å². The minimum Gasteiger partial charge on any atom is -0.323 e. The van der Waals surface area contributed by atoms with E-state index in [4.69, 9.17) is 23.2 Å².